The molecule has 158 valence electrons. The van der Waals surface area contributed by atoms with Crippen molar-refractivity contribution < 1.29 is 26.0 Å². The summed E-state index contributed by atoms with van der Waals surface area (Å²) in [5.74, 6) is -1.18. The first-order valence-corrected chi connectivity index (χ1v) is 12.2. The number of aryl methyl sites for hydroxylation is 1. The summed E-state index contributed by atoms with van der Waals surface area (Å²) in [5.41, 5.74) is 0. The average Bonchev–Trinajstić information content (AvgIpc) is 3.20. The number of benzene rings is 2. The van der Waals surface area contributed by atoms with E-state index in [1.165, 1.54) is 24.3 Å². The molecule has 0 aliphatic rings. The summed E-state index contributed by atoms with van der Waals surface area (Å²) < 4.78 is 54.2. The number of carbonyl (C=O) groups is 1. The third kappa shape index (κ3) is 5.74. The lowest BCUT2D eigenvalue weighted by molar-refractivity contribution is -0.116. The Morgan fingerprint density at radius 2 is 1.33 bits per heavy atom. The van der Waals surface area contributed by atoms with Gasteiger partial charge in [-0.15, -0.1) is 5.10 Å². The van der Waals surface area contributed by atoms with E-state index in [1.807, 2.05) is 0 Å². The van der Waals surface area contributed by atoms with Crippen LogP contribution >= 0.6 is 0 Å². The summed E-state index contributed by atoms with van der Waals surface area (Å²) in [6.07, 6.45) is -0.320. The van der Waals surface area contributed by atoms with Crippen LogP contribution in [0, 0.1) is 0 Å². The normalized spacial score (nSPS) is 11.9. The number of nitrogens with zero attached hydrogens (tertiary/aromatic N) is 2. The molecule has 30 heavy (non-hydrogen) atoms. The van der Waals surface area contributed by atoms with Crippen molar-refractivity contribution in [1.82, 2.24) is 10.2 Å². The van der Waals surface area contributed by atoms with E-state index in [1.54, 1.807) is 36.4 Å². The zero-order chi connectivity index (χ0) is 21.6. The van der Waals surface area contributed by atoms with Gasteiger partial charge in [-0.25, -0.2) is 16.8 Å². The van der Waals surface area contributed by atoms with Crippen molar-refractivity contribution in [3.8, 4) is 0 Å². The lowest BCUT2D eigenvalue weighted by atomic mass is 10.4. The molecule has 0 aliphatic heterocycles. The maximum absolute atomic E-state index is 12.3. The lowest BCUT2D eigenvalue weighted by Crippen LogP contribution is -2.17. The van der Waals surface area contributed by atoms with Crippen molar-refractivity contribution in [2.75, 3.05) is 16.8 Å². The Labute approximate surface area is 174 Å². The van der Waals surface area contributed by atoms with Gasteiger partial charge in [-0.1, -0.05) is 41.5 Å². The Balaban J connectivity index is 1.52. The minimum absolute atomic E-state index is 0.0253. The molecule has 0 fully saturated rings. The average molecular weight is 450 g/mol. The highest BCUT2D eigenvalue weighted by molar-refractivity contribution is 7.91. The third-order valence-electron chi connectivity index (χ3n) is 4.10. The standard InChI is InChI=1S/C19H19N3O6S2/c23-17(11-13-29(24,25)15-7-3-1-4-8-15)20-19-22-21-18(28-19)12-14-30(26,27)16-9-5-2-6-10-16/h1-10H,11-14H2,(H,20,22,23). The fourth-order valence-corrected chi connectivity index (χ4v) is 5.04. The van der Waals surface area contributed by atoms with E-state index in [9.17, 15) is 21.6 Å². The third-order valence-corrected chi connectivity index (χ3v) is 7.56. The molecule has 0 bridgehead atoms. The van der Waals surface area contributed by atoms with E-state index in [-0.39, 0.29) is 46.0 Å². The Morgan fingerprint density at radius 1 is 0.800 bits per heavy atom. The highest BCUT2D eigenvalue weighted by atomic mass is 32.2. The molecular formula is C19H19N3O6S2. The number of hydrogen-bond donors (Lipinski definition) is 1. The molecule has 0 atom stereocenters. The second-order valence-corrected chi connectivity index (χ2v) is 10.5. The zero-order valence-electron chi connectivity index (χ0n) is 15.8. The number of rotatable bonds is 9. The Morgan fingerprint density at radius 3 is 1.90 bits per heavy atom. The van der Waals surface area contributed by atoms with Crippen LogP contribution in [0.15, 0.2) is 74.9 Å². The smallest absolute Gasteiger partial charge is 0.322 e. The van der Waals surface area contributed by atoms with E-state index in [2.05, 4.69) is 15.5 Å². The molecule has 3 aromatic rings. The summed E-state index contributed by atoms with van der Waals surface area (Å²) in [6, 6.07) is 15.6. The zero-order valence-corrected chi connectivity index (χ0v) is 17.4. The van der Waals surface area contributed by atoms with Gasteiger partial charge in [0.05, 0.1) is 21.3 Å². The van der Waals surface area contributed by atoms with Gasteiger partial charge in [-0.05, 0) is 24.3 Å². The quantitative estimate of drug-likeness (QED) is 0.523. The molecule has 1 aromatic heterocycles. The van der Waals surface area contributed by atoms with Gasteiger partial charge in [0.15, 0.2) is 19.7 Å². The molecule has 0 unspecified atom stereocenters. The number of aromatic nitrogens is 2. The first kappa shape index (κ1) is 21.7. The van der Waals surface area contributed by atoms with Crippen LogP contribution in [0.1, 0.15) is 12.3 Å². The van der Waals surface area contributed by atoms with Gasteiger partial charge in [0.1, 0.15) is 0 Å². The van der Waals surface area contributed by atoms with Gasteiger partial charge < -0.3 is 4.42 Å². The van der Waals surface area contributed by atoms with Gasteiger partial charge in [-0.3, -0.25) is 10.1 Å². The van der Waals surface area contributed by atoms with E-state index in [0.29, 0.717) is 0 Å². The molecule has 3 rings (SSSR count). The van der Waals surface area contributed by atoms with Crippen molar-refractivity contribution in [3.63, 3.8) is 0 Å². The summed E-state index contributed by atoms with van der Waals surface area (Å²) in [5, 5.41) is 9.67. The number of anilines is 1. The van der Waals surface area contributed by atoms with Crippen LogP contribution in [0.4, 0.5) is 6.01 Å². The molecular weight excluding hydrogens is 430 g/mol. The summed E-state index contributed by atoms with van der Waals surface area (Å²) in [6.45, 7) is 0. The fraction of sp³-hybridized carbons (Fsp3) is 0.211. The molecule has 1 heterocycles. The van der Waals surface area contributed by atoms with Crippen molar-refractivity contribution in [2.24, 2.45) is 0 Å². The molecule has 2 aromatic carbocycles. The van der Waals surface area contributed by atoms with E-state index in [0.717, 1.165) is 0 Å². The van der Waals surface area contributed by atoms with Gasteiger partial charge in [0, 0.05) is 12.8 Å². The van der Waals surface area contributed by atoms with E-state index >= 15 is 0 Å². The van der Waals surface area contributed by atoms with Crippen LogP contribution in [0.2, 0.25) is 0 Å². The van der Waals surface area contributed by atoms with E-state index in [4.69, 9.17) is 4.42 Å². The largest absolute Gasteiger partial charge is 0.408 e. The van der Waals surface area contributed by atoms with Gasteiger partial charge in [-0.2, -0.15) is 0 Å². The van der Waals surface area contributed by atoms with Crippen molar-refractivity contribution in [1.29, 1.82) is 0 Å². The lowest BCUT2D eigenvalue weighted by Gasteiger charge is -2.04. The van der Waals surface area contributed by atoms with Crippen LogP contribution in [-0.2, 0) is 30.9 Å². The SMILES string of the molecule is O=C(CCS(=O)(=O)c1ccccc1)Nc1nnc(CCS(=O)(=O)c2ccccc2)o1. The minimum atomic E-state index is -3.59. The molecule has 11 heteroatoms. The topological polar surface area (TPSA) is 136 Å². The van der Waals surface area contributed by atoms with Crippen LogP contribution in [0.3, 0.4) is 0 Å². The highest BCUT2D eigenvalue weighted by Gasteiger charge is 2.19. The van der Waals surface area contributed by atoms with Crippen LogP contribution in [0.5, 0.6) is 0 Å². The van der Waals surface area contributed by atoms with Crippen molar-refractivity contribution in [3.05, 3.63) is 66.6 Å². The first-order valence-electron chi connectivity index (χ1n) is 8.94. The Bertz CT molecular complexity index is 1210. The second kappa shape index (κ2) is 9.18. The highest BCUT2D eigenvalue weighted by Crippen LogP contribution is 2.14. The van der Waals surface area contributed by atoms with Crippen molar-refractivity contribution in [2.45, 2.75) is 22.6 Å². The van der Waals surface area contributed by atoms with Crippen LogP contribution in [-0.4, -0.2) is 44.4 Å². The minimum Gasteiger partial charge on any atom is -0.408 e. The van der Waals surface area contributed by atoms with Crippen LogP contribution < -0.4 is 5.32 Å². The molecule has 1 N–H and O–H groups in total. The number of carbonyl (C=O) groups excluding carboxylic acids is 1. The maximum Gasteiger partial charge on any atom is 0.322 e. The molecule has 0 saturated carbocycles. The summed E-state index contributed by atoms with van der Waals surface area (Å²) in [4.78, 5) is 12.3. The Kier molecular flexibility index (Phi) is 6.63. The van der Waals surface area contributed by atoms with Gasteiger partial charge in [0.25, 0.3) is 0 Å². The van der Waals surface area contributed by atoms with Crippen LogP contribution in [0.25, 0.3) is 0 Å². The second-order valence-electron chi connectivity index (χ2n) is 6.31. The number of amides is 1. The molecule has 9 nitrogen and oxygen atoms in total. The number of sulfone groups is 2. The van der Waals surface area contributed by atoms with E-state index < -0.39 is 25.6 Å². The first-order chi connectivity index (χ1) is 14.3. The molecule has 0 radical (unpaired) electrons. The maximum atomic E-state index is 12.3. The fourth-order valence-electron chi connectivity index (χ4n) is 2.53. The summed E-state index contributed by atoms with van der Waals surface area (Å²) >= 11 is 0. The molecule has 1 amide bonds. The molecule has 0 aliphatic carbocycles. The van der Waals surface area contributed by atoms with Gasteiger partial charge >= 0.3 is 6.01 Å². The number of nitrogens with one attached hydrogen (secondary N) is 1. The monoisotopic (exact) mass is 449 g/mol. The Hall–Kier alpha value is -3.05. The van der Waals surface area contributed by atoms with Gasteiger partial charge in [0.2, 0.25) is 11.8 Å². The number of hydrogen-bond acceptors (Lipinski definition) is 8. The van der Waals surface area contributed by atoms with Crippen molar-refractivity contribution >= 4 is 31.6 Å². The predicted molar refractivity (Wildman–Crippen MR) is 108 cm³/mol. The molecule has 0 spiro atoms. The molecule has 0 saturated heterocycles. The summed E-state index contributed by atoms with van der Waals surface area (Å²) in [7, 11) is -7.09. The predicted octanol–water partition coefficient (Wildman–Crippen LogP) is 1.89.